The Bertz CT molecular complexity index is 326. The zero-order chi connectivity index (χ0) is 8.43. The SMILES string of the molecule is [C-]#[N+]c1cc(N)c(C)cc1Br. The average Bonchev–Trinajstić information content (AvgIpc) is 1.97. The summed E-state index contributed by atoms with van der Waals surface area (Å²) in [6.07, 6.45) is 0. The molecule has 0 bridgehead atoms. The number of nitrogen functional groups attached to an aromatic ring is 1. The van der Waals surface area contributed by atoms with Crippen molar-refractivity contribution in [2.75, 3.05) is 5.73 Å². The molecule has 0 spiro atoms. The summed E-state index contributed by atoms with van der Waals surface area (Å²) in [5, 5.41) is 0. The minimum absolute atomic E-state index is 0.563. The number of anilines is 1. The van der Waals surface area contributed by atoms with Crippen LogP contribution in [-0.4, -0.2) is 0 Å². The lowest BCUT2D eigenvalue weighted by Gasteiger charge is -2.01. The van der Waals surface area contributed by atoms with E-state index < -0.39 is 0 Å². The van der Waals surface area contributed by atoms with E-state index in [0.29, 0.717) is 11.4 Å². The molecule has 56 valence electrons. The van der Waals surface area contributed by atoms with E-state index >= 15 is 0 Å². The summed E-state index contributed by atoms with van der Waals surface area (Å²) in [5.74, 6) is 0. The highest BCUT2D eigenvalue weighted by atomic mass is 79.9. The number of halogens is 1. The van der Waals surface area contributed by atoms with Crippen molar-refractivity contribution in [3.05, 3.63) is 33.6 Å². The van der Waals surface area contributed by atoms with Gasteiger partial charge in [0.1, 0.15) is 0 Å². The Morgan fingerprint density at radius 1 is 1.55 bits per heavy atom. The van der Waals surface area contributed by atoms with Crippen LogP contribution >= 0.6 is 15.9 Å². The molecular formula is C8H7BrN2. The summed E-state index contributed by atoms with van der Waals surface area (Å²) in [4.78, 5) is 3.30. The molecule has 2 nitrogen and oxygen atoms in total. The van der Waals surface area contributed by atoms with Gasteiger partial charge in [-0.25, -0.2) is 4.85 Å². The molecule has 0 aliphatic rings. The summed E-state index contributed by atoms with van der Waals surface area (Å²) in [7, 11) is 0. The molecule has 11 heavy (non-hydrogen) atoms. The largest absolute Gasteiger partial charge is 0.400 e. The third-order valence-electron chi connectivity index (χ3n) is 1.46. The van der Waals surface area contributed by atoms with Crippen LogP contribution in [0.3, 0.4) is 0 Å². The Hall–Kier alpha value is -1.01. The van der Waals surface area contributed by atoms with Gasteiger partial charge in [0.25, 0.3) is 0 Å². The van der Waals surface area contributed by atoms with E-state index in [9.17, 15) is 0 Å². The Morgan fingerprint density at radius 2 is 2.18 bits per heavy atom. The smallest absolute Gasteiger partial charge is 0.203 e. The van der Waals surface area contributed by atoms with E-state index in [-0.39, 0.29) is 0 Å². The van der Waals surface area contributed by atoms with Crippen molar-refractivity contribution in [1.82, 2.24) is 0 Å². The molecule has 0 fully saturated rings. The zero-order valence-corrected chi connectivity index (χ0v) is 7.64. The van der Waals surface area contributed by atoms with Crippen LogP contribution in [-0.2, 0) is 0 Å². The number of rotatable bonds is 0. The summed E-state index contributed by atoms with van der Waals surface area (Å²) in [5.41, 5.74) is 7.82. The van der Waals surface area contributed by atoms with Crippen LogP contribution in [0.15, 0.2) is 16.6 Å². The van der Waals surface area contributed by atoms with E-state index in [2.05, 4.69) is 20.8 Å². The molecule has 0 aliphatic heterocycles. The summed E-state index contributed by atoms with van der Waals surface area (Å²) < 4.78 is 0.805. The molecular weight excluding hydrogens is 204 g/mol. The van der Waals surface area contributed by atoms with Crippen LogP contribution in [0.5, 0.6) is 0 Å². The van der Waals surface area contributed by atoms with Crippen LogP contribution in [0.1, 0.15) is 5.56 Å². The predicted octanol–water partition coefficient (Wildman–Crippen LogP) is 2.89. The van der Waals surface area contributed by atoms with Crippen molar-refractivity contribution in [3.8, 4) is 0 Å². The highest BCUT2D eigenvalue weighted by molar-refractivity contribution is 9.10. The third-order valence-corrected chi connectivity index (χ3v) is 2.09. The maximum absolute atomic E-state index is 6.79. The lowest BCUT2D eigenvalue weighted by molar-refractivity contribution is 1.46. The van der Waals surface area contributed by atoms with E-state index in [4.69, 9.17) is 12.3 Å². The normalized spacial score (nSPS) is 9.18. The van der Waals surface area contributed by atoms with Crippen LogP contribution in [0.4, 0.5) is 11.4 Å². The number of hydrogen-bond acceptors (Lipinski definition) is 1. The molecule has 0 unspecified atom stereocenters. The number of benzene rings is 1. The minimum Gasteiger partial charge on any atom is -0.400 e. The van der Waals surface area contributed by atoms with Gasteiger partial charge < -0.3 is 5.73 Å². The van der Waals surface area contributed by atoms with Crippen LogP contribution < -0.4 is 5.73 Å². The lowest BCUT2D eigenvalue weighted by Crippen LogP contribution is -1.88. The average molecular weight is 211 g/mol. The first-order valence-corrected chi connectivity index (χ1v) is 3.87. The van der Waals surface area contributed by atoms with Crippen molar-refractivity contribution in [2.45, 2.75) is 6.92 Å². The molecule has 2 N–H and O–H groups in total. The Labute approximate surface area is 74.0 Å². The molecule has 0 aliphatic carbocycles. The van der Waals surface area contributed by atoms with Gasteiger partial charge in [-0.2, -0.15) is 0 Å². The Morgan fingerprint density at radius 3 is 2.73 bits per heavy atom. The summed E-state index contributed by atoms with van der Waals surface area (Å²) in [6, 6.07) is 3.52. The molecule has 0 radical (unpaired) electrons. The number of hydrogen-bond donors (Lipinski definition) is 1. The second-order valence-corrected chi connectivity index (χ2v) is 3.13. The van der Waals surface area contributed by atoms with Gasteiger partial charge in [0.15, 0.2) is 0 Å². The summed E-state index contributed by atoms with van der Waals surface area (Å²) in [6.45, 7) is 8.70. The van der Waals surface area contributed by atoms with Gasteiger partial charge in [0, 0.05) is 10.2 Å². The molecule has 3 heteroatoms. The Kier molecular flexibility index (Phi) is 2.16. The highest BCUT2D eigenvalue weighted by Gasteiger charge is 2.01. The van der Waals surface area contributed by atoms with Crippen LogP contribution in [0.25, 0.3) is 4.85 Å². The van der Waals surface area contributed by atoms with Crippen molar-refractivity contribution in [3.63, 3.8) is 0 Å². The first-order valence-electron chi connectivity index (χ1n) is 3.08. The van der Waals surface area contributed by atoms with E-state index in [1.807, 2.05) is 13.0 Å². The minimum atomic E-state index is 0.563. The van der Waals surface area contributed by atoms with Crippen molar-refractivity contribution >= 4 is 27.3 Å². The molecule has 0 heterocycles. The van der Waals surface area contributed by atoms with Crippen molar-refractivity contribution in [2.24, 2.45) is 0 Å². The van der Waals surface area contributed by atoms with Crippen LogP contribution in [0.2, 0.25) is 0 Å². The van der Waals surface area contributed by atoms with Gasteiger partial charge >= 0.3 is 0 Å². The van der Waals surface area contributed by atoms with Crippen LogP contribution in [0, 0.1) is 13.5 Å². The monoisotopic (exact) mass is 210 g/mol. The second kappa shape index (κ2) is 2.93. The first-order chi connectivity index (χ1) is 5.15. The molecule has 0 saturated carbocycles. The van der Waals surface area contributed by atoms with E-state index in [1.165, 1.54) is 0 Å². The molecule has 0 saturated heterocycles. The second-order valence-electron chi connectivity index (χ2n) is 2.27. The van der Waals surface area contributed by atoms with E-state index in [0.717, 1.165) is 10.0 Å². The van der Waals surface area contributed by atoms with E-state index in [1.54, 1.807) is 6.07 Å². The predicted molar refractivity (Wildman–Crippen MR) is 49.6 cm³/mol. The number of aryl methyl sites for hydroxylation is 1. The van der Waals surface area contributed by atoms with Gasteiger partial charge in [-0.3, -0.25) is 0 Å². The molecule has 0 amide bonds. The van der Waals surface area contributed by atoms with Crippen molar-refractivity contribution in [1.29, 1.82) is 0 Å². The standard InChI is InChI=1S/C8H7BrN2/c1-5-3-6(9)8(11-2)4-7(5)10/h3-4H,10H2,1H3. The summed E-state index contributed by atoms with van der Waals surface area (Å²) >= 11 is 3.27. The van der Waals surface area contributed by atoms with Gasteiger partial charge in [0.2, 0.25) is 5.69 Å². The maximum Gasteiger partial charge on any atom is 0.203 e. The molecule has 0 aromatic heterocycles. The van der Waals surface area contributed by atoms with Gasteiger partial charge in [-0.15, -0.1) is 0 Å². The topological polar surface area (TPSA) is 30.4 Å². The third kappa shape index (κ3) is 1.52. The fourth-order valence-corrected chi connectivity index (χ4v) is 1.31. The van der Waals surface area contributed by atoms with Gasteiger partial charge in [-0.1, -0.05) is 22.0 Å². The highest BCUT2D eigenvalue weighted by Crippen LogP contribution is 2.29. The number of nitrogens with two attached hydrogens (primary N) is 1. The molecule has 0 atom stereocenters. The fourth-order valence-electron chi connectivity index (χ4n) is 0.763. The zero-order valence-electron chi connectivity index (χ0n) is 6.06. The lowest BCUT2D eigenvalue weighted by atomic mass is 10.2. The van der Waals surface area contributed by atoms with Gasteiger partial charge in [0.05, 0.1) is 6.57 Å². The first kappa shape index (κ1) is 8.09. The fraction of sp³-hybridized carbons (Fsp3) is 0.125. The Balaban J connectivity index is 3.35. The van der Waals surface area contributed by atoms with Gasteiger partial charge in [-0.05, 0) is 18.6 Å². The number of nitrogens with zero attached hydrogens (tertiary/aromatic N) is 1. The molecule has 1 rings (SSSR count). The quantitative estimate of drug-likeness (QED) is 0.519. The maximum atomic E-state index is 6.79. The molecule has 1 aromatic rings. The van der Waals surface area contributed by atoms with Crippen molar-refractivity contribution < 1.29 is 0 Å². The molecule has 1 aromatic carbocycles.